The second kappa shape index (κ2) is 8.49. The van der Waals surface area contributed by atoms with E-state index in [9.17, 15) is 14.9 Å². The maximum absolute atomic E-state index is 12.5. The lowest BCUT2D eigenvalue weighted by Gasteiger charge is -2.17. The smallest absolute Gasteiger partial charge is 0.293 e. The molecule has 7 heteroatoms. The van der Waals surface area contributed by atoms with E-state index in [2.05, 4.69) is 10.6 Å². The van der Waals surface area contributed by atoms with Gasteiger partial charge in [-0.1, -0.05) is 36.4 Å². The molecule has 7 nitrogen and oxygen atoms in total. The summed E-state index contributed by atoms with van der Waals surface area (Å²) in [5.41, 5.74) is 2.59. The van der Waals surface area contributed by atoms with Crippen LogP contribution < -0.4 is 10.6 Å². The number of amides is 1. The lowest BCUT2D eigenvalue weighted by Crippen LogP contribution is -2.32. The van der Waals surface area contributed by atoms with Crippen LogP contribution in [0.3, 0.4) is 0 Å². The number of benzene rings is 2. The van der Waals surface area contributed by atoms with E-state index in [4.69, 9.17) is 4.42 Å². The number of furan rings is 1. The van der Waals surface area contributed by atoms with Gasteiger partial charge in [0.25, 0.3) is 5.69 Å². The van der Waals surface area contributed by atoms with Crippen LogP contribution in [0.2, 0.25) is 0 Å². The predicted octanol–water partition coefficient (Wildman–Crippen LogP) is 4.12. The lowest BCUT2D eigenvalue weighted by molar-refractivity contribution is -0.384. The van der Waals surface area contributed by atoms with E-state index in [0.29, 0.717) is 11.3 Å². The van der Waals surface area contributed by atoms with Crippen LogP contribution in [-0.4, -0.2) is 17.4 Å². The minimum Gasteiger partial charge on any atom is -0.467 e. The van der Waals surface area contributed by atoms with Crippen LogP contribution in [0.15, 0.2) is 65.3 Å². The highest BCUT2D eigenvalue weighted by atomic mass is 16.6. The van der Waals surface area contributed by atoms with Gasteiger partial charge in [0.1, 0.15) is 11.4 Å². The summed E-state index contributed by atoms with van der Waals surface area (Å²) in [5.74, 6) is 0.306. The monoisotopic (exact) mass is 379 g/mol. The molecule has 0 fully saturated rings. The number of carbonyl (C=O) groups excluding carboxylic acids is 1. The van der Waals surface area contributed by atoms with Gasteiger partial charge in [-0.25, -0.2) is 0 Å². The second-order valence-electron chi connectivity index (χ2n) is 6.45. The number of carbonyl (C=O) groups is 1. The van der Waals surface area contributed by atoms with E-state index in [1.807, 2.05) is 43.3 Å². The molecule has 0 spiro atoms. The third kappa shape index (κ3) is 4.27. The van der Waals surface area contributed by atoms with Crippen molar-refractivity contribution in [2.24, 2.45) is 0 Å². The van der Waals surface area contributed by atoms with Crippen molar-refractivity contribution >= 4 is 17.3 Å². The van der Waals surface area contributed by atoms with Gasteiger partial charge in [-0.2, -0.15) is 0 Å². The minimum atomic E-state index is -0.495. The second-order valence-corrected chi connectivity index (χ2v) is 6.45. The predicted molar refractivity (Wildman–Crippen MR) is 106 cm³/mol. The van der Waals surface area contributed by atoms with Crippen LogP contribution >= 0.6 is 0 Å². The van der Waals surface area contributed by atoms with Crippen molar-refractivity contribution in [3.63, 3.8) is 0 Å². The third-order valence-electron chi connectivity index (χ3n) is 4.60. The molecule has 3 rings (SSSR count). The van der Waals surface area contributed by atoms with Gasteiger partial charge < -0.3 is 9.73 Å². The molecule has 0 unspecified atom stereocenters. The fraction of sp³-hybridized carbons (Fsp3) is 0.190. The number of rotatable bonds is 7. The van der Waals surface area contributed by atoms with Crippen molar-refractivity contribution in [3.8, 4) is 0 Å². The Morgan fingerprint density at radius 3 is 2.50 bits per heavy atom. The average Bonchev–Trinajstić information content (AvgIpc) is 3.21. The van der Waals surface area contributed by atoms with Crippen LogP contribution in [0.1, 0.15) is 28.5 Å². The molecule has 1 heterocycles. The van der Waals surface area contributed by atoms with Crippen molar-refractivity contribution in [1.29, 1.82) is 0 Å². The highest BCUT2D eigenvalue weighted by Gasteiger charge is 2.21. The summed E-state index contributed by atoms with van der Waals surface area (Å²) in [6.07, 6.45) is 1.58. The van der Waals surface area contributed by atoms with Crippen molar-refractivity contribution in [1.82, 2.24) is 5.32 Å². The Labute approximate surface area is 162 Å². The quantitative estimate of drug-likeness (QED) is 0.475. The van der Waals surface area contributed by atoms with E-state index < -0.39 is 4.92 Å². The number of hydrogen-bond acceptors (Lipinski definition) is 5. The molecule has 144 valence electrons. The van der Waals surface area contributed by atoms with Gasteiger partial charge in [-0.3, -0.25) is 20.2 Å². The SMILES string of the molecule is Cc1ccc([N+](=O)[O-])c(NC(=O)CN[C@H](c2ccccc2)c2ccco2)c1C. The first-order valence-corrected chi connectivity index (χ1v) is 8.83. The highest BCUT2D eigenvalue weighted by Crippen LogP contribution is 2.30. The molecule has 2 aromatic carbocycles. The topological polar surface area (TPSA) is 97.4 Å². The van der Waals surface area contributed by atoms with Crippen LogP contribution in [-0.2, 0) is 4.79 Å². The van der Waals surface area contributed by atoms with Crippen molar-refractivity contribution < 1.29 is 14.1 Å². The molecule has 2 N–H and O–H groups in total. The standard InChI is InChI=1S/C21H21N3O4/c1-14-10-11-17(24(26)27)20(15(14)2)23-19(25)13-22-21(18-9-6-12-28-18)16-7-4-3-5-8-16/h3-12,21-22H,13H2,1-2H3,(H,23,25)/t21-/m1/s1. The normalized spacial score (nSPS) is 11.8. The highest BCUT2D eigenvalue weighted by molar-refractivity contribution is 5.95. The largest absolute Gasteiger partial charge is 0.467 e. The first kappa shape index (κ1) is 19.3. The van der Waals surface area contributed by atoms with Crippen LogP contribution in [0, 0.1) is 24.0 Å². The van der Waals surface area contributed by atoms with Gasteiger partial charge in [0.05, 0.1) is 23.8 Å². The number of nitro groups is 1. The van der Waals surface area contributed by atoms with E-state index in [-0.39, 0.29) is 29.9 Å². The summed E-state index contributed by atoms with van der Waals surface area (Å²) >= 11 is 0. The van der Waals surface area contributed by atoms with Crippen LogP contribution in [0.5, 0.6) is 0 Å². The first-order chi connectivity index (χ1) is 13.5. The Morgan fingerprint density at radius 2 is 1.86 bits per heavy atom. The molecule has 0 aliphatic heterocycles. The molecule has 0 bridgehead atoms. The van der Waals surface area contributed by atoms with Crippen molar-refractivity contribution in [2.45, 2.75) is 19.9 Å². The molecule has 0 aliphatic rings. The third-order valence-corrected chi connectivity index (χ3v) is 4.60. The molecule has 0 radical (unpaired) electrons. The Kier molecular flexibility index (Phi) is 5.86. The van der Waals surface area contributed by atoms with E-state index in [1.165, 1.54) is 6.07 Å². The van der Waals surface area contributed by atoms with E-state index in [0.717, 1.165) is 11.1 Å². The maximum atomic E-state index is 12.5. The summed E-state index contributed by atoms with van der Waals surface area (Å²) in [4.78, 5) is 23.3. The number of hydrogen-bond donors (Lipinski definition) is 2. The van der Waals surface area contributed by atoms with Gasteiger partial charge in [-0.05, 0) is 42.7 Å². The number of nitrogens with zero attached hydrogens (tertiary/aromatic N) is 1. The van der Waals surface area contributed by atoms with E-state index in [1.54, 1.807) is 25.3 Å². The van der Waals surface area contributed by atoms with E-state index >= 15 is 0 Å². The van der Waals surface area contributed by atoms with Gasteiger partial charge in [-0.15, -0.1) is 0 Å². The van der Waals surface area contributed by atoms with Crippen molar-refractivity contribution in [2.75, 3.05) is 11.9 Å². The zero-order valence-electron chi connectivity index (χ0n) is 15.6. The van der Waals surface area contributed by atoms with Gasteiger partial charge >= 0.3 is 0 Å². The van der Waals surface area contributed by atoms with Gasteiger partial charge in [0.2, 0.25) is 5.91 Å². The minimum absolute atomic E-state index is 0.0369. The molecule has 1 aromatic heterocycles. The molecular formula is C21H21N3O4. The molecule has 0 saturated heterocycles. The number of anilines is 1. The Bertz CT molecular complexity index is 969. The molecule has 28 heavy (non-hydrogen) atoms. The fourth-order valence-corrected chi connectivity index (χ4v) is 2.97. The van der Waals surface area contributed by atoms with Gasteiger partial charge in [0.15, 0.2) is 0 Å². The first-order valence-electron chi connectivity index (χ1n) is 8.83. The zero-order valence-corrected chi connectivity index (χ0v) is 15.6. The van der Waals surface area contributed by atoms with Crippen molar-refractivity contribution in [3.05, 3.63) is 93.4 Å². The summed E-state index contributed by atoms with van der Waals surface area (Å²) in [6.45, 7) is 3.56. The molecular weight excluding hydrogens is 358 g/mol. The number of nitrogens with one attached hydrogen (secondary N) is 2. The maximum Gasteiger partial charge on any atom is 0.293 e. The lowest BCUT2D eigenvalue weighted by atomic mass is 10.0. The average molecular weight is 379 g/mol. The summed E-state index contributed by atoms with van der Waals surface area (Å²) in [7, 11) is 0. The summed E-state index contributed by atoms with van der Waals surface area (Å²) in [6, 6.07) is 16.0. The summed E-state index contributed by atoms with van der Waals surface area (Å²) in [5, 5.41) is 17.1. The number of nitro benzene ring substituents is 1. The molecule has 1 atom stereocenters. The Morgan fingerprint density at radius 1 is 1.11 bits per heavy atom. The molecule has 1 amide bonds. The Balaban J connectivity index is 1.76. The fourth-order valence-electron chi connectivity index (χ4n) is 2.97. The number of aryl methyl sites for hydroxylation is 1. The van der Waals surface area contributed by atoms with Crippen LogP contribution in [0.25, 0.3) is 0 Å². The zero-order chi connectivity index (χ0) is 20.1. The van der Waals surface area contributed by atoms with Gasteiger partial charge in [0, 0.05) is 6.07 Å². The Hall–Kier alpha value is -3.45. The molecule has 0 aliphatic carbocycles. The van der Waals surface area contributed by atoms with Crippen LogP contribution in [0.4, 0.5) is 11.4 Å². The molecule has 3 aromatic rings. The molecule has 0 saturated carbocycles. The summed E-state index contributed by atoms with van der Waals surface area (Å²) < 4.78 is 5.50.